The Labute approximate surface area is 118 Å². The number of rotatable bonds is 5. The molecule has 0 aromatic heterocycles. The number of amides is 1. The highest BCUT2D eigenvalue weighted by molar-refractivity contribution is 5.98. The normalized spacial score (nSPS) is 14.7. The molecule has 1 aromatic rings. The predicted octanol–water partition coefficient (Wildman–Crippen LogP) is 2.36. The Morgan fingerprint density at radius 2 is 2.00 bits per heavy atom. The quantitative estimate of drug-likeness (QED) is 0.896. The van der Waals surface area contributed by atoms with Crippen LogP contribution < -0.4 is 9.80 Å². The molecule has 0 unspecified atom stereocenters. The third-order valence-corrected chi connectivity index (χ3v) is 3.66. The largest absolute Gasteiger partial charge is 0.478 e. The van der Waals surface area contributed by atoms with Crippen molar-refractivity contribution in [3.8, 4) is 0 Å². The number of aromatic carboxylic acids is 1. The second-order valence-electron chi connectivity index (χ2n) is 4.86. The van der Waals surface area contributed by atoms with Gasteiger partial charge < -0.3 is 14.9 Å². The molecule has 1 aliphatic heterocycles. The van der Waals surface area contributed by atoms with Gasteiger partial charge in [-0.05, 0) is 38.5 Å². The van der Waals surface area contributed by atoms with Crippen molar-refractivity contribution < 1.29 is 14.7 Å². The molecule has 0 saturated carbocycles. The third kappa shape index (κ3) is 2.76. The van der Waals surface area contributed by atoms with E-state index >= 15 is 0 Å². The van der Waals surface area contributed by atoms with Crippen LogP contribution in [0.15, 0.2) is 18.2 Å². The van der Waals surface area contributed by atoms with Crippen LogP contribution in [0.25, 0.3) is 0 Å². The summed E-state index contributed by atoms with van der Waals surface area (Å²) in [6.45, 7) is 6.31. The zero-order valence-corrected chi connectivity index (χ0v) is 11.9. The minimum absolute atomic E-state index is 0.0676. The maximum atomic E-state index is 11.8. The van der Waals surface area contributed by atoms with Gasteiger partial charge in [0.15, 0.2) is 0 Å². The van der Waals surface area contributed by atoms with Gasteiger partial charge in [0.1, 0.15) is 0 Å². The van der Waals surface area contributed by atoms with Gasteiger partial charge in [-0.3, -0.25) is 4.79 Å². The van der Waals surface area contributed by atoms with Crippen LogP contribution in [0.1, 0.15) is 37.0 Å². The smallest absolute Gasteiger partial charge is 0.335 e. The molecule has 108 valence electrons. The molecular weight excluding hydrogens is 256 g/mol. The van der Waals surface area contributed by atoms with Crippen molar-refractivity contribution in [1.82, 2.24) is 0 Å². The summed E-state index contributed by atoms with van der Waals surface area (Å²) >= 11 is 0. The molecule has 5 heteroatoms. The van der Waals surface area contributed by atoms with E-state index in [1.165, 1.54) is 0 Å². The summed E-state index contributed by atoms with van der Waals surface area (Å²) in [5, 5.41) is 9.25. The van der Waals surface area contributed by atoms with Gasteiger partial charge in [0.25, 0.3) is 0 Å². The Morgan fingerprint density at radius 3 is 2.50 bits per heavy atom. The molecule has 1 saturated heterocycles. The highest BCUT2D eigenvalue weighted by Gasteiger charge is 2.23. The van der Waals surface area contributed by atoms with Crippen molar-refractivity contribution in [3.05, 3.63) is 23.8 Å². The van der Waals surface area contributed by atoms with Crippen molar-refractivity contribution in [2.75, 3.05) is 29.4 Å². The number of benzene rings is 1. The average molecular weight is 276 g/mol. The lowest BCUT2D eigenvalue weighted by molar-refractivity contribution is -0.117. The lowest BCUT2D eigenvalue weighted by atomic mass is 10.1. The van der Waals surface area contributed by atoms with Crippen molar-refractivity contribution >= 4 is 23.3 Å². The Kier molecular flexibility index (Phi) is 4.27. The molecule has 0 spiro atoms. The van der Waals surface area contributed by atoms with E-state index in [1.807, 2.05) is 19.9 Å². The fourth-order valence-corrected chi connectivity index (χ4v) is 2.57. The number of hydrogen-bond acceptors (Lipinski definition) is 3. The van der Waals surface area contributed by atoms with Gasteiger partial charge in [0.05, 0.1) is 5.56 Å². The number of anilines is 2. The number of carboxylic acid groups (broad SMARTS) is 1. The van der Waals surface area contributed by atoms with Crippen LogP contribution in [0.4, 0.5) is 11.4 Å². The van der Waals surface area contributed by atoms with Crippen LogP contribution in [-0.4, -0.2) is 36.6 Å². The number of carbonyl (C=O) groups excluding carboxylic acids is 1. The van der Waals surface area contributed by atoms with Gasteiger partial charge in [0.2, 0.25) is 5.91 Å². The molecule has 1 fully saturated rings. The van der Waals surface area contributed by atoms with Crippen molar-refractivity contribution in [2.45, 2.75) is 26.7 Å². The Balaban J connectivity index is 2.45. The molecule has 1 N–H and O–H groups in total. The number of carboxylic acids is 1. The van der Waals surface area contributed by atoms with Gasteiger partial charge in [-0.25, -0.2) is 4.79 Å². The van der Waals surface area contributed by atoms with Crippen LogP contribution in [0.5, 0.6) is 0 Å². The first kappa shape index (κ1) is 14.4. The lowest BCUT2D eigenvalue weighted by Crippen LogP contribution is -2.26. The van der Waals surface area contributed by atoms with Crippen LogP contribution in [0, 0.1) is 0 Å². The average Bonchev–Trinajstić information content (AvgIpc) is 2.86. The van der Waals surface area contributed by atoms with E-state index in [-0.39, 0.29) is 11.5 Å². The summed E-state index contributed by atoms with van der Waals surface area (Å²) in [7, 11) is 0. The SMILES string of the molecule is CCN(CC)c1cc(C(=O)O)cc(N2CCCC2=O)c1. The Hall–Kier alpha value is -2.04. The number of hydrogen-bond donors (Lipinski definition) is 1. The zero-order chi connectivity index (χ0) is 14.7. The van der Waals surface area contributed by atoms with Crippen molar-refractivity contribution in [1.29, 1.82) is 0 Å². The van der Waals surface area contributed by atoms with Crippen LogP contribution >= 0.6 is 0 Å². The number of nitrogens with zero attached hydrogens (tertiary/aromatic N) is 2. The molecule has 1 amide bonds. The van der Waals surface area contributed by atoms with E-state index in [0.29, 0.717) is 18.7 Å². The van der Waals surface area contributed by atoms with Gasteiger partial charge in [-0.15, -0.1) is 0 Å². The van der Waals surface area contributed by atoms with Gasteiger partial charge >= 0.3 is 5.97 Å². The third-order valence-electron chi connectivity index (χ3n) is 3.66. The lowest BCUT2D eigenvalue weighted by Gasteiger charge is -2.24. The topological polar surface area (TPSA) is 60.9 Å². The molecule has 1 aromatic carbocycles. The fourth-order valence-electron chi connectivity index (χ4n) is 2.57. The summed E-state index contributed by atoms with van der Waals surface area (Å²) in [6, 6.07) is 5.15. The first-order chi connectivity index (χ1) is 9.56. The molecule has 1 heterocycles. The summed E-state index contributed by atoms with van der Waals surface area (Å²) in [4.78, 5) is 26.9. The molecule has 0 atom stereocenters. The molecule has 20 heavy (non-hydrogen) atoms. The summed E-state index contributed by atoms with van der Waals surface area (Å²) < 4.78 is 0. The minimum Gasteiger partial charge on any atom is -0.478 e. The molecule has 0 radical (unpaired) electrons. The van der Waals surface area contributed by atoms with Gasteiger partial charge in [0, 0.05) is 37.4 Å². The van der Waals surface area contributed by atoms with Crippen LogP contribution in [0.3, 0.4) is 0 Å². The first-order valence-electron chi connectivity index (χ1n) is 7.00. The van der Waals surface area contributed by atoms with Gasteiger partial charge in [-0.1, -0.05) is 0 Å². The second-order valence-corrected chi connectivity index (χ2v) is 4.86. The van der Waals surface area contributed by atoms with E-state index < -0.39 is 5.97 Å². The molecule has 0 aliphatic carbocycles. The fraction of sp³-hybridized carbons (Fsp3) is 0.467. The van der Waals surface area contributed by atoms with E-state index in [1.54, 1.807) is 17.0 Å². The standard InChI is InChI=1S/C15H20N2O3/c1-3-16(4-2)12-8-11(15(19)20)9-13(10-12)17-7-5-6-14(17)18/h8-10H,3-7H2,1-2H3,(H,19,20). The monoisotopic (exact) mass is 276 g/mol. The maximum absolute atomic E-state index is 11.8. The maximum Gasteiger partial charge on any atom is 0.335 e. The molecular formula is C15H20N2O3. The first-order valence-corrected chi connectivity index (χ1v) is 7.00. The van der Waals surface area contributed by atoms with Crippen molar-refractivity contribution in [2.24, 2.45) is 0 Å². The Morgan fingerprint density at radius 1 is 1.30 bits per heavy atom. The summed E-state index contributed by atoms with van der Waals surface area (Å²) in [5.74, 6) is -0.898. The van der Waals surface area contributed by atoms with E-state index in [2.05, 4.69) is 4.90 Å². The van der Waals surface area contributed by atoms with Crippen molar-refractivity contribution in [3.63, 3.8) is 0 Å². The predicted molar refractivity (Wildman–Crippen MR) is 78.5 cm³/mol. The van der Waals surface area contributed by atoms with Crippen LogP contribution in [-0.2, 0) is 4.79 Å². The van der Waals surface area contributed by atoms with E-state index in [0.717, 1.165) is 25.2 Å². The molecule has 0 bridgehead atoms. The highest BCUT2D eigenvalue weighted by atomic mass is 16.4. The summed E-state index contributed by atoms with van der Waals surface area (Å²) in [6.07, 6.45) is 1.37. The van der Waals surface area contributed by atoms with Crippen LogP contribution in [0.2, 0.25) is 0 Å². The molecule has 5 nitrogen and oxygen atoms in total. The zero-order valence-electron chi connectivity index (χ0n) is 11.9. The highest BCUT2D eigenvalue weighted by Crippen LogP contribution is 2.28. The molecule has 2 rings (SSSR count). The summed E-state index contributed by atoms with van der Waals surface area (Å²) in [5.41, 5.74) is 1.77. The minimum atomic E-state index is -0.966. The van der Waals surface area contributed by atoms with E-state index in [9.17, 15) is 14.7 Å². The van der Waals surface area contributed by atoms with Gasteiger partial charge in [-0.2, -0.15) is 0 Å². The Bertz CT molecular complexity index is 524. The van der Waals surface area contributed by atoms with E-state index in [4.69, 9.17) is 0 Å². The number of carbonyl (C=O) groups is 2. The second kappa shape index (κ2) is 5.94. The molecule has 1 aliphatic rings.